The van der Waals surface area contributed by atoms with E-state index in [1.807, 2.05) is 0 Å². The zero-order valence-corrected chi connectivity index (χ0v) is 36.4. The second-order valence-electron chi connectivity index (χ2n) is 16.6. The Bertz CT molecular complexity index is 3520. The fraction of sp³-hybridized carbons (Fsp3) is 0.0727. The molecular formula is C55H29F13N4. The molecule has 17 heteroatoms. The van der Waals surface area contributed by atoms with Gasteiger partial charge in [-0.1, -0.05) is 103 Å². The third-order valence-corrected chi connectivity index (χ3v) is 12.0. The molecule has 0 spiro atoms. The Hall–Kier alpha value is -8.34. The zero-order chi connectivity index (χ0) is 50.9. The van der Waals surface area contributed by atoms with E-state index < -0.39 is 63.9 Å². The molecule has 0 saturated heterocycles. The van der Waals surface area contributed by atoms with Crippen LogP contribution in [-0.4, -0.2) is 19.5 Å². The maximum absolute atomic E-state index is 14.8. The van der Waals surface area contributed by atoms with Gasteiger partial charge in [-0.3, -0.25) is 0 Å². The van der Waals surface area contributed by atoms with E-state index in [0.717, 1.165) is 0 Å². The quantitative estimate of drug-likeness (QED) is 0.149. The van der Waals surface area contributed by atoms with Crippen molar-refractivity contribution in [2.45, 2.75) is 24.7 Å². The number of hydrogen-bond acceptors (Lipinski definition) is 3. The van der Waals surface area contributed by atoms with Crippen molar-refractivity contribution in [3.63, 3.8) is 0 Å². The van der Waals surface area contributed by atoms with Crippen LogP contribution in [0.4, 0.5) is 57.1 Å². The summed E-state index contributed by atoms with van der Waals surface area (Å²) in [5.41, 5.74) is -5.11. The highest BCUT2D eigenvalue weighted by Crippen LogP contribution is 2.46. The Kier molecular flexibility index (Phi) is 11.5. The lowest BCUT2D eigenvalue weighted by Crippen LogP contribution is -2.12. The van der Waals surface area contributed by atoms with Gasteiger partial charge in [0.15, 0.2) is 17.5 Å². The van der Waals surface area contributed by atoms with Crippen molar-refractivity contribution < 1.29 is 57.1 Å². The molecule has 4 nitrogen and oxygen atoms in total. The smallest absolute Gasteiger partial charge is 0.308 e. The molecule has 0 saturated carbocycles. The summed E-state index contributed by atoms with van der Waals surface area (Å²) in [6, 6.07) is 38.5. The van der Waals surface area contributed by atoms with Crippen molar-refractivity contribution in [1.29, 1.82) is 0 Å². The summed E-state index contributed by atoms with van der Waals surface area (Å²) in [4.78, 5) is 14.6. The average molecular weight is 993 g/mol. The first kappa shape index (κ1) is 47.3. The Morgan fingerprint density at radius 2 is 0.736 bits per heavy atom. The van der Waals surface area contributed by atoms with Crippen LogP contribution in [0.1, 0.15) is 22.3 Å². The van der Waals surface area contributed by atoms with Crippen molar-refractivity contribution in [2.24, 2.45) is 0 Å². The molecule has 10 aromatic rings. The number of rotatable bonds is 7. The number of nitrogens with zero attached hydrogens (tertiary/aromatic N) is 4. The first-order valence-corrected chi connectivity index (χ1v) is 21.6. The van der Waals surface area contributed by atoms with Gasteiger partial charge in [0.25, 0.3) is 0 Å². The molecule has 10 rings (SSSR count). The van der Waals surface area contributed by atoms with Crippen LogP contribution in [0.15, 0.2) is 176 Å². The van der Waals surface area contributed by atoms with E-state index in [1.54, 1.807) is 89.5 Å². The number of aromatic nitrogens is 4. The first-order valence-electron chi connectivity index (χ1n) is 21.6. The van der Waals surface area contributed by atoms with Crippen LogP contribution >= 0.6 is 0 Å². The van der Waals surface area contributed by atoms with Gasteiger partial charge in [0.2, 0.25) is 0 Å². The third-order valence-electron chi connectivity index (χ3n) is 12.0. The van der Waals surface area contributed by atoms with E-state index in [1.165, 1.54) is 54.6 Å². The molecule has 0 fully saturated rings. The van der Waals surface area contributed by atoms with E-state index in [4.69, 9.17) is 15.0 Å². The molecule has 0 aliphatic carbocycles. The van der Waals surface area contributed by atoms with Gasteiger partial charge in [-0.05, 0) is 106 Å². The van der Waals surface area contributed by atoms with Crippen LogP contribution in [0.25, 0.3) is 95.0 Å². The molecular weight excluding hydrogens is 964 g/mol. The summed E-state index contributed by atoms with van der Waals surface area (Å²) in [6.07, 6.45) is -20.9. The molecule has 0 N–H and O–H groups in total. The average Bonchev–Trinajstić information content (AvgIpc) is 3.68. The highest BCUT2D eigenvalue weighted by molar-refractivity contribution is 6.12. The highest BCUT2D eigenvalue weighted by Gasteiger charge is 2.40. The molecule has 0 radical (unpaired) electrons. The van der Waals surface area contributed by atoms with Gasteiger partial charge >= 0.3 is 24.7 Å². The Morgan fingerprint density at radius 1 is 0.319 bits per heavy atom. The monoisotopic (exact) mass is 992 g/mol. The van der Waals surface area contributed by atoms with Crippen LogP contribution in [0.5, 0.6) is 0 Å². The molecule has 0 atom stereocenters. The minimum atomic E-state index is -5.29. The molecule has 0 amide bonds. The van der Waals surface area contributed by atoms with Gasteiger partial charge in [-0.25, -0.2) is 19.3 Å². The highest BCUT2D eigenvalue weighted by atomic mass is 19.4. The second-order valence-corrected chi connectivity index (χ2v) is 16.6. The van der Waals surface area contributed by atoms with Gasteiger partial charge in [-0.15, -0.1) is 0 Å². The Balaban J connectivity index is 1.30. The van der Waals surface area contributed by atoms with Gasteiger partial charge in [-0.2, -0.15) is 52.7 Å². The molecule has 2 heterocycles. The zero-order valence-electron chi connectivity index (χ0n) is 36.4. The summed E-state index contributed by atoms with van der Waals surface area (Å²) < 4.78 is 187. The van der Waals surface area contributed by atoms with E-state index in [0.29, 0.717) is 52.1 Å². The Morgan fingerprint density at radius 3 is 1.18 bits per heavy atom. The van der Waals surface area contributed by atoms with Crippen LogP contribution in [0, 0.1) is 5.82 Å². The maximum atomic E-state index is 14.8. The lowest BCUT2D eigenvalue weighted by Gasteiger charge is -2.18. The molecule has 360 valence electrons. The van der Waals surface area contributed by atoms with Crippen molar-refractivity contribution in [2.75, 3.05) is 0 Å². The molecule has 0 aliphatic rings. The molecule has 0 unspecified atom stereocenters. The van der Waals surface area contributed by atoms with Crippen LogP contribution in [-0.2, 0) is 24.7 Å². The first-order chi connectivity index (χ1) is 34.1. The summed E-state index contributed by atoms with van der Waals surface area (Å²) in [7, 11) is 0. The van der Waals surface area contributed by atoms with Crippen molar-refractivity contribution in [1.82, 2.24) is 19.5 Å². The SMILES string of the molecule is Fc1cccc(-c2ccc(-c3nc(-c4ccccc4)nc(-c4ccccc4)n3)c(-n3c4ccc(-c5ccc(C(F)(F)F)cc5C(F)(F)F)cc4c4cc(-c5ccc(C(F)(F)F)cc5C(F)(F)F)ccc43)c2)c1. The lowest BCUT2D eigenvalue weighted by atomic mass is 9.94. The number of alkyl halides is 12. The summed E-state index contributed by atoms with van der Waals surface area (Å²) in [5, 5.41) is 0.149. The minimum absolute atomic E-state index is 0.0174. The molecule has 0 aliphatic heterocycles. The number of hydrogen-bond donors (Lipinski definition) is 0. The van der Waals surface area contributed by atoms with E-state index >= 15 is 0 Å². The predicted molar refractivity (Wildman–Crippen MR) is 247 cm³/mol. The standard InChI is InChI=1S/C55H29F13N4/c56-38-13-7-12-32(24-38)33-14-19-41(51-70-49(30-8-3-1-4-9-30)69-50(71-51)31-10-5-2-6-11-31)48(27-33)72-46-22-15-34(39-20-17-36(52(57,58)59)28-44(39)54(63,64)65)25-42(46)43-26-35(16-23-47(43)72)40-21-18-37(53(60,61)62)29-45(40)55(66,67)68/h1-29H. The topological polar surface area (TPSA) is 43.6 Å². The van der Waals surface area contributed by atoms with E-state index in [9.17, 15) is 57.1 Å². The largest absolute Gasteiger partial charge is 0.417 e. The van der Waals surface area contributed by atoms with Crippen molar-refractivity contribution >= 4 is 21.8 Å². The molecule has 0 bridgehead atoms. The number of halogens is 13. The second kappa shape index (κ2) is 17.5. The summed E-state index contributed by atoms with van der Waals surface area (Å²) in [5.74, 6) is 0.0386. The number of fused-ring (bicyclic) bond motifs is 3. The van der Waals surface area contributed by atoms with Gasteiger partial charge in [0, 0.05) is 27.5 Å². The fourth-order valence-electron chi connectivity index (χ4n) is 8.71. The van der Waals surface area contributed by atoms with Crippen LogP contribution in [0.3, 0.4) is 0 Å². The predicted octanol–water partition coefficient (Wildman–Crippen LogP) is 17.2. The fourth-order valence-corrected chi connectivity index (χ4v) is 8.71. The van der Waals surface area contributed by atoms with Crippen molar-refractivity contribution in [3.05, 3.63) is 204 Å². The molecule has 2 aromatic heterocycles. The van der Waals surface area contributed by atoms with Crippen LogP contribution < -0.4 is 0 Å². The van der Waals surface area contributed by atoms with Crippen molar-refractivity contribution in [3.8, 4) is 73.2 Å². The lowest BCUT2D eigenvalue weighted by molar-refractivity contribution is -0.144. The third kappa shape index (κ3) is 9.01. The molecule has 72 heavy (non-hydrogen) atoms. The normalized spacial score (nSPS) is 12.5. The van der Waals surface area contributed by atoms with Gasteiger partial charge in [0.1, 0.15) is 5.82 Å². The maximum Gasteiger partial charge on any atom is 0.417 e. The van der Waals surface area contributed by atoms with Gasteiger partial charge < -0.3 is 4.57 Å². The number of benzene rings is 8. The van der Waals surface area contributed by atoms with Crippen LogP contribution in [0.2, 0.25) is 0 Å². The van der Waals surface area contributed by atoms with E-state index in [2.05, 4.69) is 0 Å². The summed E-state index contributed by atoms with van der Waals surface area (Å²) >= 11 is 0. The Labute approximate surface area is 399 Å². The molecule has 8 aromatic carbocycles. The minimum Gasteiger partial charge on any atom is -0.308 e. The summed E-state index contributed by atoms with van der Waals surface area (Å²) in [6.45, 7) is 0. The van der Waals surface area contributed by atoms with Gasteiger partial charge in [0.05, 0.1) is 39.0 Å². The van der Waals surface area contributed by atoms with E-state index in [-0.39, 0.29) is 68.2 Å².